The molecular weight excluding hydrogens is 324 g/mol. The Morgan fingerprint density at radius 3 is 2.42 bits per heavy atom. The minimum Gasteiger partial charge on any atom is -0.366 e. The van der Waals surface area contributed by atoms with E-state index >= 15 is 0 Å². The average molecular weight is 342 g/mol. The van der Waals surface area contributed by atoms with Gasteiger partial charge in [0.2, 0.25) is 11.8 Å². The van der Waals surface area contributed by atoms with E-state index in [4.69, 9.17) is 5.73 Å². The molecule has 3 aromatic carbocycles. The van der Waals surface area contributed by atoms with Crippen LogP contribution in [0.1, 0.15) is 21.5 Å². The van der Waals surface area contributed by atoms with Gasteiger partial charge >= 0.3 is 0 Å². The van der Waals surface area contributed by atoms with Gasteiger partial charge in [0.25, 0.3) is 0 Å². The number of carbonyl (C=O) groups is 2. The minimum atomic E-state index is -0.467. The zero-order chi connectivity index (χ0) is 18.4. The number of hydrogen-bond acceptors (Lipinski definition) is 2. The van der Waals surface area contributed by atoms with E-state index in [9.17, 15) is 9.59 Å². The van der Waals surface area contributed by atoms with Gasteiger partial charge in [-0.2, -0.15) is 0 Å². The van der Waals surface area contributed by atoms with Crippen LogP contribution in [-0.4, -0.2) is 18.4 Å². The Labute approximate surface area is 152 Å². The minimum absolute atomic E-state index is 0.0697. The van der Waals surface area contributed by atoms with Crippen LogP contribution in [0, 0.1) is 11.8 Å². The molecule has 0 radical (unpaired) electrons. The molecule has 0 saturated carbocycles. The molecule has 3 N–H and O–H groups in total. The summed E-state index contributed by atoms with van der Waals surface area (Å²) in [4.78, 5) is 23.2. The first-order valence-corrected chi connectivity index (χ1v) is 8.25. The first-order valence-electron chi connectivity index (χ1n) is 8.25. The lowest BCUT2D eigenvalue weighted by Crippen LogP contribution is -2.25. The number of primary amides is 1. The zero-order valence-electron chi connectivity index (χ0n) is 14.2. The van der Waals surface area contributed by atoms with Crippen molar-refractivity contribution in [2.24, 2.45) is 5.73 Å². The topological polar surface area (TPSA) is 72.2 Å². The van der Waals surface area contributed by atoms with Gasteiger partial charge in [0, 0.05) is 11.1 Å². The lowest BCUT2D eigenvalue weighted by atomic mass is 10.0. The molecule has 0 fully saturated rings. The van der Waals surface area contributed by atoms with Crippen molar-refractivity contribution in [3.8, 4) is 11.8 Å². The highest BCUT2D eigenvalue weighted by Gasteiger charge is 2.05. The third-order valence-electron chi connectivity index (χ3n) is 4.01. The van der Waals surface area contributed by atoms with E-state index in [0.717, 1.165) is 21.9 Å². The van der Waals surface area contributed by atoms with Crippen molar-refractivity contribution in [1.29, 1.82) is 0 Å². The summed E-state index contributed by atoms with van der Waals surface area (Å²) in [5.41, 5.74) is 7.40. The predicted molar refractivity (Wildman–Crippen MR) is 102 cm³/mol. The Balaban J connectivity index is 1.57. The SMILES string of the molecule is NC(=O)c1ccc(C#CCNC(=O)Cc2cccc3ccccc23)cc1. The van der Waals surface area contributed by atoms with Crippen molar-refractivity contribution >= 4 is 22.6 Å². The third kappa shape index (κ3) is 4.28. The number of benzene rings is 3. The van der Waals surface area contributed by atoms with E-state index in [1.807, 2.05) is 42.5 Å². The molecule has 0 spiro atoms. The van der Waals surface area contributed by atoms with Gasteiger partial charge in [-0.25, -0.2) is 0 Å². The number of nitrogens with one attached hydrogen (secondary N) is 1. The lowest BCUT2D eigenvalue weighted by Gasteiger charge is -2.06. The molecule has 3 aromatic rings. The van der Waals surface area contributed by atoms with Gasteiger partial charge < -0.3 is 11.1 Å². The van der Waals surface area contributed by atoms with Crippen molar-refractivity contribution in [2.75, 3.05) is 6.54 Å². The fourth-order valence-electron chi connectivity index (χ4n) is 2.69. The molecule has 4 heteroatoms. The maximum Gasteiger partial charge on any atom is 0.248 e. The molecule has 2 amide bonds. The van der Waals surface area contributed by atoms with Crippen molar-refractivity contribution < 1.29 is 9.59 Å². The first-order chi connectivity index (χ1) is 12.6. The maximum atomic E-state index is 12.2. The molecule has 0 saturated heterocycles. The zero-order valence-corrected chi connectivity index (χ0v) is 14.2. The summed E-state index contributed by atoms with van der Waals surface area (Å²) < 4.78 is 0. The number of fused-ring (bicyclic) bond motifs is 1. The highest BCUT2D eigenvalue weighted by Crippen LogP contribution is 2.18. The molecular formula is C22H18N2O2. The van der Waals surface area contributed by atoms with E-state index in [0.29, 0.717) is 12.0 Å². The largest absolute Gasteiger partial charge is 0.366 e. The van der Waals surface area contributed by atoms with Crippen LogP contribution in [-0.2, 0) is 11.2 Å². The molecule has 0 aliphatic carbocycles. The third-order valence-corrected chi connectivity index (χ3v) is 4.01. The van der Waals surface area contributed by atoms with Gasteiger partial charge in [0.15, 0.2) is 0 Å². The molecule has 4 nitrogen and oxygen atoms in total. The van der Waals surface area contributed by atoms with E-state index in [-0.39, 0.29) is 12.5 Å². The number of carbonyl (C=O) groups excluding carboxylic acids is 2. The Kier molecular flexibility index (Phi) is 5.31. The number of rotatable bonds is 4. The maximum absolute atomic E-state index is 12.2. The summed E-state index contributed by atoms with van der Waals surface area (Å²) in [7, 11) is 0. The van der Waals surface area contributed by atoms with Crippen molar-refractivity contribution in [1.82, 2.24) is 5.32 Å². The summed E-state index contributed by atoms with van der Waals surface area (Å²) >= 11 is 0. The quantitative estimate of drug-likeness (QED) is 0.716. The van der Waals surface area contributed by atoms with Crippen LogP contribution in [0.15, 0.2) is 66.7 Å². The van der Waals surface area contributed by atoms with Crippen LogP contribution in [0.5, 0.6) is 0 Å². The summed E-state index contributed by atoms with van der Waals surface area (Å²) in [5.74, 6) is 5.31. The summed E-state index contributed by atoms with van der Waals surface area (Å²) in [6.45, 7) is 0.265. The van der Waals surface area contributed by atoms with Crippen molar-refractivity contribution in [3.05, 3.63) is 83.4 Å². The molecule has 0 heterocycles. The van der Waals surface area contributed by atoms with Crippen LogP contribution >= 0.6 is 0 Å². The van der Waals surface area contributed by atoms with Crippen LogP contribution < -0.4 is 11.1 Å². The molecule has 0 bridgehead atoms. The molecule has 0 unspecified atom stereocenters. The second-order valence-electron chi connectivity index (χ2n) is 5.84. The molecule has 26 heavy (non-hydrogen) atoms. The van der Waals surface area contributed by atoms with Crippen LogP contribution in [0.2, 0.25) is 0 Å². The van der Waals surface area contributed by atoms with Gasteiger partial charge in [-0.05, 0) is 40.6 Å². The van der Waals surface area contributed by atoms with Gasteiger partial charge in [-0.1, -0.05) is 54.3 Å². The molecule has 3 rings (SSSR count). The monoisotopic (exact) mass is 342 g/mol. The summed E-state index contributed by atoms with van der Waals surface area (Å²) in [6.07, 6.45) is 0.316. The van der Waals surface area contributed by atoms with Gasteiger partial charge in [-0.3, -0.25) is 9.59 Å². The summed E-state index contributed by atoms with van der Waals surface area (Å²) in [5, 5.41) is 5.02. The second-order valence-corrected chi connectivity index (χ2v) is 5.84. The van der Waals surface area contributed by atoms with Gasteiger partial charge in [0.05, 0.1) is 13.0 Å². The molecule has 0 atom stereocenters. The second kappa shape index (κ2) is 8.00. The standard InChI is InChI=1S/C22H18N2O2/c23-22(26)18-12-10-16(11-13-18)5-4-14-24-21(25)15-19-8-3-7-17-6-1-2-9-20(17)19/h1-3,6-13H,14-15H2,(H2,23,26)(H,24,25). The molecule has 0 aromatic heterocycles. The van der Waals surface area contributed by atoms with Crippen molar-refractivity contribution in [2.45, 2.75) is 6.42 Å². The highest BCUT2D eigenvalue weighted by molar-refractivity contribution is 5.93. The fraction of sp³-hybridized carbons (Fsp3) is 0.0909. The van der Waals surface area contributed by atoms with Crippen LogP contribution in [0.25, 0.3) is 10.8 Å². The Morgan fingerprint density at radius 1 is 0.923 bits per heavy atom. The Hall–Kier alpha value is -3.58. The van der Waals surface area contributed by atoms with Crippen molar-refractivity contribution in [3.63, 3.8) is 0 Å². The number of hydrogen-bond donors (Lipinski definition) is 2. The molecule has 0 aliphatic heterocycles. The Bertz CT molecular complexity index is 1010. The highest BCUT2D eigenvalue weighted by atomic mass is 16.1. The van der Waals surface area contributed by atoms with E-state index < -0.39 is 5.91 Å². The van der Waals surface area contributed by atoms with E-state index in [1.165, 1.54) is 0 Å². The van der Waals surface area contributed by atoms with E-state index in [1.54, 1.807) is 24.3 Å². The fourth-order valence-corrected chi connectivity index (χ4v) is 2.69. The number of nitrogens with two attached hydrogens (primary N) is 1. The van der Waals surface area contributed by atoms with Crippen LogP contribution in [0.3, 0.4) is 0 Å². The Morgan fingerprint density at radius 2 is 1.65 bits per heavy atom. The average Bonchev–Trinajstić information content (AvgIpc) is 2.66. The first kappa shape index (κ1) is 17.2. The smallest absolute Gasteiger partial charge is 0.248 e. The van der Waals surface area contributed by atoms with Gasteiger partial charge in [0.1, 0.15) is 0 Å². The lowest BCUT2D eigenvalue weighted by molar-refractivity contribution is -0.120. The van der Waals surface area contributed by atoms with Gasteiger partial charge in [-0.15, -0.1) is 0 Å². The van der Waals surface area contributed by atoms with E-state index in [2.05, 4.69) is 17.2 Å². The normalized spacial score (nSPS) is 10.0. The summed E-state index contributed by atoms with van der Waals surface area (Å²) in [6, 6.07) is 20.7. The predicted octanol–water partition coefficient (Wildman–Crippen LogP) is 2.65. The molecule has 0 aliphatic rings. The molecule has 128 valence electrons. The number of amides is 2. The van der Waals surface area contributed by atoms with Crippen LogP contribution in [0.4, 0.5) is 0 Å².